The average molecular weight is 300 g/mol. The van der Waals surface area contributed by atoms with Crippen LogP contribution in [0.2, 0.25) is 0 Å². The third-order valence-electron chi connectivity index (χ3n) is 2.88. The maximum atomic E-state index is 12.1. The first kappa shape index (κ1) is 15.0. The van der Waals surface area contributed by atoms with Crippen molar-refractivity contribution in [3.05, 3.63) is 77.9 Å². The van der Waals surface area contributed by atoms with Crippen LogP contribution in [0.4, 0.5) is 4.79 Å². The smallest absolute Gasteiger partial charge is 0.269 e. The molecule has 0 aliphatic heterocycles. The molecule has 106 valence electrons. The molecule has 0 aliphatic carbocycles. The topological polar surface area (TPSA) is 37.4 Å². The largest absolute Gasteiger partial charge is 0.323 e. The highest BCUT2D eigenvalue weighted by Gasteiger charge is 2.17. The van der Waals surface area contributed by atoms with Gasteiger partial charge in [0, 0.05) is 6.08 Å². The van der Waals surface area contributed by atoms with E-state index in [1.165, 1.54) is 6.08 Å². The van der Waals surface area contributed by atoms with Crippen LogP contribution >= 0.6 is 11.6 Å². The molecule has 0 radical (unpaired) electrons. The minimum absolute atomic E-state index is 0.154. The lowest BCUT2D eigenvalue weighted by Crippen LogP contribution is -2.31. The van der Waals surface area contributed by atoms with Gasteiger partial charge >= 0.3 is 5.37 Å². The normalized spacial score (nSPS) is 10.5. The van der Waals surface area contributed by atoms with Crippen LogP contribution in [0.25, 0.3) is 6.08 Å². The number of rotatable bonds is 4. The van der Waals surface area contributed by atoms with Gasteiger partial charge in [-0.3, -0.25) is 14.5 Å². The van der Waals surface area contributed by atoms with Crippen molar-refractivity contribution in [2.24, 2.45) is 0 Å². The van der Waals surface area contributed by atoms with Gasteiger partial charge in [0.1, 0.15) is 0 Å². The highest BCUT2D eigenvalue weighted by atomic mass is 35.5. The van der Waals surface area contributed by atoms with Crippen molar-refractivity contribution in [2.75, 3.05) is 0 Å². The first-order valence-electron chi connectivity index (χ1n) is 6.45. The van der Waals surface area contributed by atoms with Crippen LogP contribution in [-0.4, -0.2) is 16.2 Å². The zero-order chi connectivity index (χ0) is 15.1. The van der Waals surface area contributed by atoms with Gasteiger partial charge in [0.25, 0.3) is 5.91 Å². The van der Waals surface area contributed by atoms with Gasteiger partial charge in [-0.05, 0) is 28.8 Å². The Morgan fingerprint density at radius 3 is 2.10 bits per heavy atom. The Labute approximate surface area is 128 Å². The van der Waals surface area contributed by atoms with Crippen LogP contribution in [0.1, 0.15) is 11.1 Å². The fraction of sp³-hybridized carbons (Fsp3) is 0.0588. The lowest BCUT2D eigenvalue weighted by atomic mass is 10.2. The molecule has 0 unspecified atom stereocenters. The summed E-state index contributed by atoms with van der Waals surface area (Å²) in [5.41, 5.74) is 1.72. The molecule has 0 saturated heterocycles. The van der Waals surface area contributed by atoms with Crippen molar-refractivity contribution >= 4 is 29.0 Å². The monoisotopic (exact) mass is 299 g/mol. The van der Waals surface area contributed by atoms with E-state index in [1.54, 1.807) is 6.08 Å². The van der Waals surface area contributed by atoms with Gasteiger partial charge in [-0.15, -0.1) is 0 Å². The molecule has 4 heteroatoms. The van der Waals surface area contributed by atoms with E-state index in [2.05, 4.69) is 0 Å². The molecule has 0 bridgehead atoms. The third kappa shape index (κ3) is 4.58. The molecule has 2 aromatic rings. The van der Waals surface area contributed by atoms with E-state index in [0.29, 0.717) is 0 Å². The molecule has 0 aliphatic rings. The zero-order valence-corrected chi connectivity index (χ0v) is 12.0. The summed E-state index contributed by atoms with van der Waals surface area (Å²) in [6.45, 7) is 0.154. The van der Waals surface area contributed by atoms with Crippen molar-refractivity contribution in [1.82, 2.24) is 4.90 Å². The molecule has 0 atom stereocenters. The fourth-order valence-corrected chi connectivity index (χ4v) is 1.96. The number of nitrogens with zero attached hydrogens (tertiary/aromatic N) is 1. The number of benzene rings is 2. The number of carbonyl (C=O) groups excluding carboxylic acids is 2. The maximum absolute atomic E-state index is 12.1. The van der Waals surface area contributed by atoms with Gasteiger partial charge in [0.15, 0.2) is 0 Å². The van der Waals surface area contributed by atoms with E-state index >= 15 is 0 Å². The molecule has 3 nitrogen and oxygen atoms in total. The van der Waals surface area contributed by atoms with Gasteiger partial charge in [-0.25, -0.2) is 0 Å². The lowest BCUT2D eigenvalue weighted by molar-refractivity contribution is -0.123. The van der Waals surface area contributed by atoms with Crippen LogP contribution in [0.3, 0.4) is 0 Å². The number of imide groups is 1. The van der Waals surface area contributed by atoms with Crippen molar-refractivity contribution < 1.29 is 9.59 Å². The average Bonchev–Trinajstić information content (AvgIpc) is 2.52. The molecule has 0 heterocycles. The maximum Gasteiger partial charge on any atom is 0.323 e. The van der Waals surface area contributed by atoms with Crippen molar-refractivity contribution in [1.29, 1.82) is 0 Å². The number of hydrogen-bond acceptors (Lipinski definition) is 2. The Kier molecular flexibility index (Phi) is 5.29. The van der Waals surface area contributed by atoms with E-state index < -0.39 is 11.3 Å². The molecule has 0 spiro atoms. The highest BCUT2D eigenvalue weighted by molar-refractivity contribution is 6.64. The highest BCUT2D eigenvalue weighted by Crippen LogP contribution is 2.09. The second-order valence-electron chi connectivity index (χ2n) is 4.41. The van der Waals surface area contributed by atoms with Gasteiger partial charge in [0.2, 0.25) is 0 Å². The fourth-order valence-electron chi connectivity index (χ4n) is 1.81. The Morgan fingerprint density at radius 2 is 1.52 bits per heavy atom. The number of halogens is 1. The minimum atomic E-state index is -0.790. The first-order valence-corrected chi connectivity index (χ1v) is 6.82. The summed E-state index contributed by atoms with van der Waals surface area (Å²) in [7, 11) is 0. The standard InChI is InChI=1S/C17H14ClNO2/c18-17(21)19(13-15-9-5-2-6-10-15)16(20)12-11-14-7-3-1-4-8-14/h1-12H,13H2/b12-11+. The van der Waals surface area contributed by atoms with Crippen LogP contribution in [0.5, 0.6) is 0 Å². The van der Waals surface area contributed by atoms with E-state index in [-0.39, 0.29) is 6.54 Å². The minimum Gasteiger partial charge on any atom is -0.269 e. The SMILES string of the molecule is O=C(Cl)N(Cc1ccccc1)C(=O)/C=C/c1ccccc1. The second kappa shape index (κ2) is 7.41. The van der Waals surface area contributed by atoms with Gasteiger partial charge < -0.3 is 0 Å². The number of carbonyl (C=O) groups is 2. The third-order valence-corrected chi connectivity index (χ3v) is 3.08. The molecule has 0 fully saturated rings. The van der Waals surface area contributed by atoms with Crippen LogP contribution in [0.15, 0.2) is 66.7 Å². The Hall–Kier alpha value is -2.39. The summed E-state index contributed by atoms with van der Waals surface area (Å²) in [4.78, 5) is 24.5. The predicted molar refractivity (Wildman–Crippen MR) is 83.7 cm³/mol. The van der Waals surface area contributed by atoms with Gasteiger partial charge in [0.05, 0.1) is 6.54 Å². The second-order valence-corrected chi connectivity index (χ2v) is 4.73. The summed E-state index contributed by atoms with van der Waals surface area (Å²) >= 11 is 5.50. The molecule has 0 aromatic heterocycles. The molecule has 2 rings (SSSR count). The molecule has 21 heavy (non-hydrogen) atoms. The van der Waals surface area contributed by atoms with Crippen LogP contribution in [-0.2, 0) is 11.3 Å². The van der Waals surface area contributed by atoms with E-state index in [9.17, 15) is 9.59 Å². The Morgan fingerprint density at radius 1 is 0.952 bits per heavy atom. The lowest BCUT2D eigenvalue weighted by Gasteiger charge is -2.15. The first-order chi connectivity index (χ1) is 10.2. The van der Waals surface area contributed by atoms with Crippen molar-refractivity contribution in [2.45, 2.75) is 6.54 Å². The van der Waals surface area contributed by atoms with Gasteiger partial charge in [-0.1, -0.05) is 60.7 Å². The van der Waals surface area contributed by atoms with E-state index in [4.69, 9.17) is 11.6 Å². The zero-order valence-electron chi connectivity index (χ0n) is 11.3. The molecule has 2 aromatic carbocycles. The van der Waals surface area contributed by atoms with Crippen molar-refractivity contribution in [3.8, 4) is 0 Å². The molecule has 0 saturated carbocycles. The summed E-state index contributed by atoms with van der Waals surface area (Å²) in [5, 5.41) is -0.790. The van der Waals surface area contributed by atoms with Gasteiger partial charge in [-0.2, -0.15) is 0 Å². The Balaban J connectivity index is 2.09. The quantitative estimate of drug-likeness (QED) is 0.484. The van der Waals surface area contributed by atoms with Crippen molar-refractivity contribution in [3.63, 3.8) is 0 Å². The number of amides is 2. The molecule has 0 N–H and O–H groups in total. The van der Waals surface area contributed by atoms with E-state index in [1.807, 2.05) is 60.7 Å². The summed E-state index contributed by atoms with van der Waals surface area (Å²) in [6.07, 6.45) is 3.00. The van der Waals surface area contributed by atoms with E-state index in [0.717, 1.165) is 16.0 Å². The van der Waals surface area contributed by atoms with Crippen LogP contribution < -0.4 is 0 Å². The van der Waals surface area contributed by atoms with Crippen LogP contribution in [0, 0.1) is 0 Å². The molecular weight excluding hydrogens is 286 g/mol. The molecule has 2 amide bonds. The summed E-state index contributed by atoms with van der Waals surface area (Å²) in [6, 6.07) is 18.6. The number of hydrogen-bond donors (Lipinski definition) is 0. The predicted octanol–water partition coefficient (Wildman–Crippen LogP) is 4.09. The summed E-state index contributed by atoms with van der Waals surface area (Å²) < 4.78 is 0. The Bertz CT molecular complexity index is 638. The summed E-state index contributed by atoms with van der Waals surface area (Å²) in [5.74, 6) is -0.442. The molecular formula is C17H14ClNO2.